The van der Waals surface area contributed by atoms with Gasteiger partial charge in [-0.2, -0.15) is 0 Å². The molecule has 1 saturated heterocycles. The summed E-state index contributed by atoms with van der Waals surface area (Å²) in [7, 11) is 0. The van der Waals surface area contributed by atoms with Crippen LogP contribution in [0.4, 0.5) is 0 Å². The van der Waals surface area contributed by atoms with Crippen LogP contribution < -0.4 is 5.32 Å². The highest BCUT2D eigenvalue weighted by atomic mass is 15.1. The molecule has 0 aromatic rings. The lowest BCUT2D eigenvalue weighted by molar-refractivity contribution is 0.170. The van der Waals surface area contributed by atoms with Crippen molar-refractivity contribution in [2.75, 3.05) is 26.2 Å². The summed E-state index contributed by atoms with van der Waals surface area (Å²) in [5.74, 6) is 0.854. The first-order valence-corrected chi connectivity index (χ1v) is 6.23. The first-order valence-electron chi connectivity index (χ1n) is 6.23. The van der Waals surface area contributed by atoms with Gasteiger partial charge in [-0.05, 0) is 52.2 Å². The van der Waals surface area contributed by atoms with Gasteiger partial charge in [-0.3, -0.25) is 0 Å². The smallest absolute Gasteiger partial charge is 0.0161 e. The Morgan fingerprint density at radius 2 is 2.07 bits per heavy atom. The van der Waals surface area contributed by atoms with Crippen molar-refractivity contribution < 1.29 is 0 Å². The SMILES string of the molecule is C=C(C)CNC(C)C1CCN(CC)CC1. The van der Waals surface area contributed by atoms with Gasteiger partial charge < -0.3 is 10.2 Å². The van der Waals surface area contributed by atoms with Gasteiger partial charge in [0.05, 0.1) is 0 Å². The van der Waals surface area contributed by atoms with E-state index in [1.54, 1.807) is 0 Å². The van der Waals surface area contributed by atoms with Gasteiger partial charge in [-0.1, -0.05) is 19.1 Å². The Morgan fingerprint density at radius 1 is 1.47 bits per heavy atom. The molecular weight excluding hydrogens is 184 g/mol. The summed E-state index contributed by atoms with van der Waals surface area (Å²) in [5, 5.41) is 3.57. The van der Waals surface area contributed by atoms with Crippen molar-refractivity contribution in [1.82, 2.24) is 10.2 Å². The molecule has 1 aliphatic heterocycles. The molecule has 2 heteroatoms. The van der Waals surface area contributed by atoms with Gasteiger partial charge in [0.25, 0.3) is 0 Å². The lowest BCUT2D eigenvalue weighted by Gasteiger charge is -2.34. The highest BCUT2D eigenvalue weighted by Crippen LogP contribution is 2.20. The van der Waals surface area contributed by atoms with Crippen LogP contribution in [0.5, 0.6) is 0 Å². The molecule has 0 spiro atoms. The first-order chi connectivity index (χ1) is 7.13. The van der Waals surface area contributed by atoms with Crippen molar-refractivity contribution in [3.63, 3.8) is 0 Å². The Bertz CT molecular complexity index is 193. The Hall–Kier alpha value is -0.340. The number of hydrogen-bond donors (Lipinski definition) is 1. The minimum absolute atomic E-state index is 0.640. The van der Waals surface area contributed by atoms with E-state index in [1.807, 2.05) is 0 Å². The monoisotopic (exact) mass is 210 g/mol. The van der Waals surface area contributed by atoms with Crippen molar-refractivity contribution in [2.45, 2.75) is 39.7 Å². The molecule has 1 aliphatic rings. The van der Waals surface area contributed by atoms with Gasteiger partial charge in [0, 0.05) is 12.6 Å². The summed E-state index contributed by atoms with van der Waals surface area (Å²) < 4.78 is 0. The zero-order valence-corrected chi connectivity index (χ0v) is 10.6. The minimum atomic E-state index is 0.640. The fourth-order valence-corrected chi connectivity index (χ4v) is 2.27. The largest absolute Gasteiger partial charge is 0.310 e. The quantitative estimate of drug-likeness (QED) is 0.700. The fourth-order valence-electron chi connectivity index (χ4n) is 2.27. The fraction of sp³-hybridized carbons (Fsp3) is 0.846. The van der Waals surface area contributed by atoms with Crippen LogP contribution in [0.3, 0.4) is 0 Å². The maximum atomic E-state index is 3.93. The second-order valence-electron chi connectivity index (χ2n) is 4.90. The van der Waals surface area contributed by atoms with E-state index in [0.717, 1.165) is 12.5 Å². The first kappa shape index (κ1) is 12.7. The van der Waals surface area contributed by atoms with Gasteiger partial charge >= 0.3 is 0 Å². The van der Waals surface area contributed by atoms with E-state index in [2.05, 4.69) is 37.6 Å². The molecule has 0 aromatic heterocycles. The molecule has 0 aliphatic carbocycles. The molecule has 0 bridgehead atoms. The molecule has 0 amide bonds. The van der Waals surface area contributed by atoms with Crippen molar-refractivity contribution >= 4 is 0 Å². The Kier molecular flexibility index (Phi) is 5.34. The third kappa shape index (κ3) is 4.35. The van der Waals surface area contributed by atoms with E-state index in [9.17, 15) is 0 Å². The summed E-state index contributed by atoms with van der Waals surface area (Å²) in [6, 6.07) is 0.640. The molecule has 1 fully saturated rings. The topological polar surface area (TPSA) is 15.3 Å². The molecule has 15 heavy (non-hydrogen) atoms. The molecule has 1 N–H and O–H groups in total. The second-order valence-corrected chi connectivity index (χ2v) is 4.90. The zero-order valence-electron chi connectivity index (χ0n) is 10.6. The third-order valence-corrected chi connectivity index (χ3v) is 3.51. The van der Waals surface area contributed by atoms with E-state index in [1.165, 1.54) is 38.0 Å². The normalized spacial score (nSPS) is 21.5. The number of nitrogens with one attached hydrogen (secondary N) is 1. The van der Waals surface area contributed by atoms with E-state index >= 15 is 0 Å². The Morgan fingerprint density at radius 3 is 2.53 bits per heavy atom. The summed E-state index contributed by atoms with van der Waals surface area (Å²) in [6.07, 6.45) is 2.69. The van der Waals surface area contributed by atoms with E-state index in [-0.39, 0.29) is 0 Å². The summed E-state index contributed by atoms with van der Waals surface area (Å²) in [6.45, 7) is 15.3. The Labute approximate surface area is 94.7 Å². The van der Waals surface area contributed by atoms with Crippen LogP contribution in [0.25, 0.3) is 0 Å². The highest BCUT2D eigenvalue weighted by molar-refractivity contribution is 4.92. The van der Waals surface area contributed by atoms with Crippen molar-refractivity contribution in [3.8, 4) is 0 Å². The number of piperidine rings is 1. The van der Waals surface area contributed by atoms with Gasteiger partial charge in [-0.25, -0.2) is 0 Å². The van der Waals surface area contributed by atoms with Crippen LogP contribution >= 0.6 is 0 Å². The average Bonchev–Trinajstić information content (AvgIpc) is 2.26. The molecule has 2 nitrogen and oxygen atoms in total. The molecule has 1 heterocycles. The molecular formula is C13H26N2. The minimum Gasteiger partial charge on any atom is -0.310 e. The highest BCUT2D eigenvalue weighted by Gasteiger charge is 2.22. The van der Waals surface area contributed by atoms with Crippen LogP contribution in [-0.4, -0.2) is 37.1 Å². The molecule has 1 unspecified atom stereocenters. The zero-order chi connectivity index (χ0) is 11.3. The number of hydrogen-bond acceptors (Lipinski definition) is 2. The summed E-state index contributed by atoms with van der Waals surface area (Å²) >= 11 is 0. The third-order valence-electron chi connectivity index (χ3n) is 3.51. The van der Waals surface area contributed by atoms with Crippen molar-refractivity contribution in [3.05, 3.63) is 12.2 Å². The molecule has 88 valence electrons. The predicted molar refractivity (Wildman–Crippen MR) is 67.1 cm³/mol. The van der Waals surface area contributed by atoms with Crippen LogP contribution in [0.15, 0.2) is 12.2 Å². The van der Waals surface area contributed by atoms with Crippen molar-refractivity contribution in [2.24, 2.45) is 5.92 Å². The van der Waals surface area contributed by atoms with Crippen molar-refractivity contribution in [1.29, 1.82) is 0 Å². The standard InChI is InChI=1S/C13H26N2/c1-5-15-8-6-13(7-9-15)12(4)14-10-11(2)3/h12-14H,2,5-10H2,1,3-4H3. The van der Waals surface area contributed by atoms with Crippen LogP contribution in [0, 0.1) is 5.92 Å². The lowest BCUT2D eigenvalue weighted by atomic mass is 9.90. The average molecular weight is 210 g/mol. The molecule has 1 rings (SSSR count). The molecule has 0 saturated carbocycles. The van der Waals surface area contributed by atoms with Gasteiger partial charge in [0.1, 0.15) is 0 Å². The van der Waals surface area contributed by atoms with Gasteiger partial charge in [0.2, 0.25) is 0 Å². The summed E-state index contributed by atoms with van der Waals surface area (Å²) in [5.41, 5.74) is 1.23. The summed E-state index contributed by atoms with van der Waals surface area (Å²) in [4.78, 5) is 2.54. The van der Waals surface area contributed by atoms with E-state index in [4.69, 9.17) is 0 Å². The number of rotatable bonds is 5. The number of likely N-dealkylation sites (tertiary alicyclic amines) is 1. The predicted octanol–water partition coefficient (Wildman–Crippen LogP) is 2.27. The van der Waals surface area contributed by atoms with Gasteiger partial charge in [-0.15, -0.1) is 0 Å². The van der Waals surface area contributed by atoms with Crippen LogP contribution in [-0.2, 0) is 0 Å². The molecule has 1 atom stereocenters. The molecule has 0 aromatic carbocycles. The Balaban J connectivity index is 2.23. The van der Waals surface area contributed by atoms with Gasteiger partial charge in [0.15, 0.2) is 0 Å². The number of nitrogens with zero attached hydrogens (tertiary/aromatic N) is 1. The maximum absolute atomic E-state index is 3.93. The van der Waals surface area contributed by atoms with E-state index in [0.29, 0.717) is 6.04 Å². The second kappa shape index (κ2) is 6.29. The van der Waals surface area contributed by atoms with E-state index < -0.39 is 0 Å². The lowest BCUT2D eigenvalue weighted by Crippen LogP contribution is -2.42. The van der Waals surface area contributed by atoms with Crippen LogP contribution in [0.2, 0.25) is 0 Å². The van der Waals surface area contributed by atoms with Crippen LogP contribution in [0.1, 0.15) is 33.6 Å². The molecule has 0 radical (unpaired) electrons. The maximum Gasteiger partial charge on any atom is 0.0161 e.